The quantitative estimate of drug-likeness (QED) is 0.0708. The first-order chi connectivity index (χ1) is 19.2. The van der Waals surface area contributed by atoms with E-state index in [1.54, 1.807) is 0 Å². The summed E-state index contributed by atoms with van der Waals surface area (Å²) in [7, 11) is 0. The molecule has 1 N–H and O–H groups in total. The van der Waals surface area contributed by atoms with Crippen LogP contribution in [0.4, 0.5) is 21.0 Å². The molecule has 0 saturated carbocycles. The van der Waals surface area contributed by atoms with Gasteiger partial charge in [0.2, 0.25) is 5.91 Å². The van der Waals surface area contributed by atoms with Crippen LogP contribution in [0.5, 0.6) is 11.5 Å². The molecule has 0 saturated heterocycles. The summed E-state index contributed by atoms with van der Waals surface area (Å²) in [6, 6.07) is 9.68. The molecule has 0 spiro atoms. The van der Waals surface area contributed by atoms with E-state index in [9.17, 15) is 34.6 Å². The van der Waals surface area contributed by atoms with Crippen LogP contribution < -0.4 is 14.8 Å². The lowest BCUT2D eigenvalue weighted by Crippen LogP contribution is -2.37. The Bertz CT molecular complexity index is 1150. The van der Waals surface area contributed by atoms with E-state index in [-0.39, 0.29) is 73.7 Å². The van der Waals surface area contributed by atoms with Gasteiger partial charge in [0, 0.05) is 30.8 Å². The molecule has 0 heterocycles. The van der Waals surface area contributed by atoms with Crippen LogP contribution in [0, 0.1) is 20.2 Å². The number of hydrogen-bond acceptors (Lipinski definition) is 13. The predicted molar refractivity (Wildman–Crippen MR) is 138 cm³/mol. The van der Waals surface area contributed by atoms with E-state index < -0.39 is 28.3 Å². The van der Waals surface area contributed by atoms with Gasteiger partial charge in [-0.1, -0.05) is 15.9 Å². The van der Waals surface area contributed by atoms with Crippen LogP contribution >= 0.6 is 15.9 Å². The minimum Gasteiger partial charge on any atom is -0.432 e. The van der Waals surface area contributed by atoms with Gasteiger partial charge in [0.05, 0.1) is 41.1 Å². The van der Waals surface area contributed by atoms with Crippen LogP contribution in [0.15, 0.2) is 48.5 Å². The number of nitrogens with zero attached hydrogens (tertiary/aromatic N) is 2. The van der Waals surface area contributed by atoms with Crippen molar-refractivity contribution in [1.29, 1.82) is 0 Å². The standard InChI is InChI=1S/C23H24BrN3O13/c24-13-21(28)25-14-20(36-11-12-38-23(30)40-19-7-3-17(4-8-19)27(33)34)15-35-9-10-37-22(29)39-18-5-1-16(2-6-18)26(31)32/h1-8,20H,9-15H2,(H,25,28). The van der Waals surface area contributed by atoms with E-state index in [4.69, 9.17) is 28.4 Å². The molecule has 1 atom stereocenters. The number of carbonyl (C=O) groups excluding carboxylic acids is 3. The highest BCUT2D eigenvalue weighted by Crippen LogP contribution is 2.18. The molecule has 0 aliphatic heterocycles. The number of benzene rings is 2. The summed E-state index contributed by atoms with van der Waals surface area (Å²) in [6.45, 7) is -0.446. The zero-order valence-corrected chi connectivity index (χ0v) is 22.3. The molecule has 1 unspecified atom stereocenters. The molecular weight excluding hydrogens is 606 g/mol. The van der Waals surface area contributed by atoms with Gasteiger partial charge in [-0.15, -0.1) is 0 Å². The summed E-state index contributed by atoms with van der Waals surface area (Å²) in [4.78, 5) is 55.2. The van der Waals surface area contributed by atoms with E-state index in [2.05, 4.69) is 21.2 Å². The van der Waals surface area contributed by atoms with Crippen LogP contribution in [0.3, 0.4) is 0 Å². The Morgan fingerprint density at radius 2 is 1.25 bits per heavy atom. The van der Waals surface area contributed by atoms with Gasteiger partial charge >= 0.3 is 12.3 Å². The lowest BCUT2D eigenvalue weighted by molar-refractivity contribution is -0.385. The van der Waals surface area contributed by atoms with E-state index >= 15 is 0 Å². The highest BCUT2D eigenvalue weighted by molar-refractivity contribution is 9.09. The number of hydrogen-bond donors (Lipinski definition) is 1. The fraction of sp³-hybridized carbons (Fsp3) is 0.348. The topological polar surface area (TPSA) is 205 Å². The number of non-ortho nitro benzene ring substituents is 2. The summed E-state index contributed by atoms with van der Waals surface area (Å²) in [5.74, 6) is -0.181. The molecule has 17 heteroatoms. The van der Waals surface area contributed by atoms with Crippen LogP contribution in [0.2, 0.25) is 0 Å². The molecule has 2 aromatic rings. The Balaban J connectivity index is 1.67. The van der Waals surface area contributed by atoms with Crippen molar-refractivity contribution in [2.24, 2.45) is 0 Å². The monoisotopic (exact) mass is 629 g/mol. The Morgan fingerprint density at radius 3 is 1.70 bits per heavy atom. The Hall–Kier alpha value is -4.35. The molecule has 0 fully saturated rings. The summed E-state index contributed by atoms with van der Waals surface area (Å²) < 4.78 is 30.6. The molecule has 0 aliphatic rings. The number of ether oxygens (including phenoxy) is 6. The van der Waals surface area contributed by atoms with Crippen LogP contribution in [0.25, 0.3) is 0 Å². The lowest BCUT2D eigenvalue weighted by atomic mass is 10.3. The van der Waals surface area contributed by atoms with Crippen molar-refractivity contribution in [3.8, 4) is 11.5 Å². The number of rotatable bonds is 16. The third-order valence-electron chi connectivity index (χ3n) is 4.55. The number of nitrogens with one attached hydrogen (secondary N) is 1. The number of halogens is 1. The summed E-state index contributed by atoms with van der Waals surface area (Å²) in [5.41, 5.74) is -0.324. The zero-order valence-electron chi connectivity index (χ0n) is 20.7. The molecule has 0 bridgehead atoms. The van der Waals surface area contributed by atoms with Crippen LogP contribution in [-0.4, -0.2) is 79.1 Å². The number of alkyl halides is 1. The highest BCUT2D eigenvalue weighted by atomic mass is 79.9. The number of nitro benzene ring substituents is 2. The van der Waals surface area contributed by atoms with Crippen molar-refractivity contribution in [3.05, 3.63) is 68.8 Å². The van der Waals surface area contributed by atoms with Gasteiger partial charge in [-0.2, -0.15) is 0 Å². The molecule has 0 aliphatic carbocycles. The average Bonchev–Trinajstić information content (AvgIpc) is 2.93. The van der Waals surface area contributed by atoms with Crippen molar-refractivity contribution < 1.29 is 52.7 Å². The van der Waals surface area contributed by atoms with Gasteiger partial charge in [0.25, 0.3) is 11.4 Å². The average molecular weight is 630 g/mol. The summed E-state index contributed by atoms with van der Waals surface area (Å²) in [6.07, 6.45) is -2.73. The first-order valence-corrected chi connectivity index (χ1v) is 12.5. The van der Waals surface area contributed by atoms with Gasteiger partial charge in [0.1, 0.15) is 24.7 Å². The molecular formula is C23H24BrN3O13. The van der Waals surface area contributed by atoms with Gasteiger partial charge in [0.15, 0.2) is 0 Å². The van der Waals surface area contributed by atoms with Crippen molar-refractivity contribution in [1.82, 2.24) is 5.32 Å². The lowest BCUT2D eigenvalue weighted by Gasteiger charge is -2.18. The first kappa shape index (κ1) is 31.9. The maximum absolute atomic E-state index is 11.8. The maximum Gasteiger partial charge on any atom is 0.513 e. The molecule has 216 valence electrons. The number of amides is 1. The van der Waals surface area contributed by atoms with E-state index in [1.807, 2.05) is 0 Å². The summed E-state index contributed by atoms with van der Waals surface area (Å²) >= 11 is 3.02. The van der Waals surface area contributed by atoms with Gasteiger partial charge in [-0.3, -0.25) is 25.0 Å². The van der Waals surface area contributed by atoms with E-state index in [1.165, 1.54) is 48.5 Å². The number of carbonyl (C=O) groups is 3. The maximum atomic E-state index is 11.8. The molecule has 1 amide bonds. The van der Waals surface area contributed by atoms with Crippen molar-refractivity contribution >= 4 is 45.5 Å². The minimum atomic E-state index is -1.05. The molecule has 2 aromatic carbocycles. The van der Waals surface area contributed by atoms with Crippen LogP contribution in [-0.2, 0) is 23.7 Å². The second-order valence-electron chi connectivity index (χ2n) is 7.41. The molecule has 16 nitrogen and oxygen atoms in total. The Labute approximate surface area is 234 Å². The van der Waals surface area contributed by atoms with E-state index in [0.29, 0.717) is 0 Å². The molecule has 0 radical (unpaired) electrons. The minimum absolute atomic E-state index is 0.0173. The fourth-order valence-electron chi connectivity index (χ4n) is 2.70. The van der Waals surface area contributed by atoms with Gasteiger partial charge in [-0.25, -0.2) is 9.59 Å². The largest absolute Gasteiger partial charge is 0.513 e. The third-order valence-corrected chi connectivity index (χ3v) is 5.06. The zero-order chi connectivity index (χ0) is 29.3. The molecule has 40 heavy (non-hydrogen) atoms. The molecule has 0 aromatic heterocycles. The third kappa shape index (κ3) is 12.5. The van der Waals surface area contributed by atoms with Crippen molar-refractivity contribution in [3.63, 3.8) is 0 Å². The van der Waals surface area contributed by atoms with Gasteiger partial charge in [-0.05, 0) is 24.3 Å². The predicted octanol–water partition coefficient (Wildman–Crippen LogP) is 3.15. The second kappa shape index (κ2) is 17.3. The Morgan fingerprint density at radius 1 is 0.775 bits per heavy atom. The first-order valence-electron chi connectivity index (χ1n) is 11.4. The Kier molecular flexibility index (Phi) is 13.8. The summed E-state index contributed by atoms with van der Waals surface area (Å²) in [5, 5.41) is 24.0. The fourth-order valence-corrected chi connectivity index (χ4v) is 2.90. The number of nitro groups is 2. The second-order valence-corrected chi connectivity index (χ2v) is 7.97. The van der Waals surface area contributed by atoms with Crippen LogP contribution in [0.1, 0.15) is 0 Å². The van der Waals surface area contributed by atoms with Crippen molar-refractivity contribution in [2.45, 2.75) is 6.10 Å². The normalized spacial score (nSPS) is 11.1. The van der Waals surface area contributed by atoms with Gasteiger partial charge < -0.3 is 33.7 Å². The molecule has 2 rings (SSSR count). The van der Waals surface area contributed by atoms with Crippen molar-refractivity contribution in [2.75, 3.05) is 44.9 Å². The highest BCUT2D eigenvalue weighted by Gasteiger charge is 2.14. The smallest absolute Gasteiger partial charge is 0.432 e. The SMILES string of the molecule is O=C(CBr)NCC(COCCOC(=O)Oc1ccc([N+](=O)[O-])cc1)OCCOC(=O)Oc1ccc([N+](=O)[O-])cc1. The van der Waals surface area contributed by atoms with E-state index in [0.717, 1.165) is 0 Å².